The molecule has 0 bridgehead atoms. The molecule has 0 saturated carbocycles. The van der Waals surface area contributed by atoms with Gasteiger partial charge < -0.3 is 20.3 Å². The summed E-state index contributed by atoms with van der Waals surface area (Å²) in [6, 6.07) is 5.98. The molecule has 1 aromatic carbocycles. The van der Waals surface area contributed by atoms with E-state index in [0.29, 0.717) is 19.0 Å². The quantitative estimate of drug-likeness (QED) is 0.784. The van der Waals surface area contributed by atoms with E-state index >= 15 is 0 Å². The summed E-state index contributed by atoms with van der Waals surface area (Å²) in [5, 5.41) is 10.2. The molecule has 1 fully saturated rings. The van der Waals surface area contributed by atoms with E-state index in [-0.39, 0.29) is 0 Å². The molecule has 1 aromatic heterocycles. The molecule has 0 aliphatic carbocycles. The Balaban J connectivity index is 1.92. The topological polar surface area (TPSA) is 71.5 Å². The van der Waals surface area contributed by atoms with Gasteiger partial charge in [-0.05, 0) is 42.5 Å². The molecule has 2 aromatic rings. The second-order valence-corrected chi connectivity index (χ2v) is 5.52. The number of fused-ring (bicyclic) bond motifs is 1. The van der Waals surface area contributed by atoms with E-state index in [1.54, 1.807) is 0 Å². The average Bonchev–Trinajstić information content (AvgIpc) is 2.75. The summed E-state index contributed by atoms with van der Waals surface area (Å²) in [5.74, 6) is 0.413. The third-order valence-corrected chi connectivity index (χ3v) is 4.25. The Labute approximate surface area is 117 Å². The number of nitrogen functional groups attached to an aromatic ring is 1. The smallest absolute Gasteiger partial charge is 0.407 e. The molecule has 0 unspecified atom stereocenters. The van der Waals surface area contributed by atoms with Crippen LogP contribution in [0.4, 0.5) is 10.5 Å². The number of piperidine rings is 1. The van der Waals surface area contributed by atoms with E-state index in [2.05, 4.69) is 10.8 Å². The van der Waals surface area contributed by atoms with Crippen molar-refractivity contribution in [2.75, 3.05) is 18.8 Å². The number of rotatable bonds is 1. The van der Waals surface area contributed by atoms with Gasteiger partial charge in [-0.15, -0.1) is 0 Å². The Morgan fingerprint density at radius 1 is 1.35 bits per heavy atom. The van der Waals surface area contributed by atoms with Crippen molar-refractivity contribution >= 4 is 22.7 Å². The maximum absolute atomic E-state index is 11.0. The third-order valence-electron chi connectivity index (χ3n) is 4.25. The zero-order valence-corrected chi connectivity index (χ0v) is 11.5. The predicted molar refractivity (Wildman–Crippen MR) is 78.9 cm³/mol. The van der Waals surface area contributed by atoms with Crippen molar-refractivity contribution in [3.8, 4) is 0 Å². The summed E-state index contributed by atoms with van der Waals surface area (Å²) in [7, 11) is 2.04. The predicted octanol–water partition coefficient (Wildman–Crippen LogP) is 2.62. The van der Waals surface area contributed by atoms with Crippen LogP contribution in [0.3, 0.4) is 0 Å². The number of hydrogen-bond acceptors (Lipinski definition) is 2. The number of likely N-dealkylation sites (tertiary alicyclic amines) is 1. The van der Waals surface area contributed by atoms with Gasteiger partial charge in [-0.25, -0.2) is 4.79 Å². The van der Waals surface area contributed by atoms with Crippen molar-refractivity contribution in [1.82, 2.24) is 9.47 Å². The zero-order chi connectivity index (χ0) is 14.3. The van der Waals surface area contributed by atoms with Gasteiger partial charge in [-0.3, -0.25) is 0 Å². The van der Waals surface area contributed by atoms with Gasteiger partial charge in [-0.1, -0.05) is 0 Å². The summed E-state index contributed by atoms with van der Waals surface area (Å²) in [6.07, 6.45) is 3.09. The fourth-order valence-electron chi connectivity index (χ4n) is 3.15. The van der Waals surface area contributed by atoms with Crippen LogP contribution in [-0.2, 0) is 7.05 Å². The van der Waals surface area contributed by atoms with E-state index < -0.39 is 6.09 Å². The van der Waals surface area contributed by atoms with E-state index in [0.717, 1.165) is 18.5 Å². The summed E-state index contributed by atoms with van der Waals surface area (Å²) < 4.78 is 2.12. The average molecular weight is 273 g/mol. The molecule has 1 saturated heterocycles. The minimum absolute atomic E-state index is 0.413. The molecule has 106 valence electrons. The highest BCUT2D eigenvalue weighted by Crippen LogP contribution is 2.34. The van der Waals surface area contributed by atoms with E-state index in [1.165, 1.54) is 21.4 Å². The third kappa shape index (κ3) is 2.09. The normalized spacial score (nSPS) is 16.8. The molecule has 1 aliphatic heterocycles. The van der Waals surface area contributed by atoms with Gasteiger partial charge in [0.15, 0.2) is 0 Å². The number of anilines is 1. The second kappa shape index (κ2) is 4.74. The number of nitrogens with two attached hydrogens (primary N) is 1. The molecular formula is C15H19N3O2. The van der Waals surface area contributed by atoms with Gasteiger partial charge in [0.2, 0.25) is 0 Å². The lowest BCUT2D eigenvalue weighted by molar-refractivity contribution is 0.132. The monoisotopic (exact) mass is 273 g/mol. The molecule has 5 nitrogen and oxygen atoms in total. The highest BCUT2D eigenvalue weighted by atomic mass is 16.4. The van der Waals surface area contributed by atoms with Crippen LogP contribution in [0.1, 0.15) is 24.3 Å². The van der Waals surface area contributed by atoms with Crippen molar-refractivity contribution in [3.05, 3.63) is 30.0 Å². The number of aryl methyl sites for hydroxylation is 1. The fourth-order valence-corrected chi connectivity index (χ4v) is 3.15. The first-order chi connectivity index (χ1) is 9.56. The first-order valence-corrected chi connectivity index (χ1v) is 6.88. The van der Waals surface area contributed by atoms with Crippen LogP contribution in [0.25, 0.3) is 10.9 Å². The van der Waals surface area contributed by atoms with Crippen LogP contribution in [-0.4, -0.2) is 33.8 Å². The van der Waals surface area contributed by atoms with Crippen molar-refractivity contribution in [2.24, 2.45) is 7.05 Å². The maximum Gasteiger partial charge on any atom is 0.407 e. The molecule has 0 spiro atoms. The van der Waals surface area contributed by atoms with Crippen molar-refractivity contribution in [1.29, 1.82) is 0 Å². The molecule has 2 heterocycles. The Hall–Kier alpha value is -2.17. The molecule has 20 heavy (non-hydrogen) atoms. The first-order valence-electron chi connectivity index (χ1n) is 6.88. The Morgan fingerprint density at radius 3 is 2.70 bits per heavy atom. The number of nitrogens with zero attached hydrogens (tertiary/aromatic N) is 2. The number of aromatic nitrogens is 1. The van der Waals surface area contributed by atoms with E-state index in [4.69, 9.17) is 10.8 Å². The molecule has 5 heteroatoms. The maximum atomic E-state index is 11.0. The zero-order valence-electron chi connectivity index (χ0n) is 11.5. The van der Waals surface area contributed by atoms with Gasteiger partial charge in [0.1, 0.15) is 0 Å². The van der Waals surface area contributed by atoms with E-state index in [9.17, 15) is 4.79 Å². The molecular weight excluding hydrogens is 254 g/mol. The molecule has 3 rings (SSSR count). The molecule has 3 N–H and O–H groups in total. The van der Waals surface area contributed by atoms with Crippen molar-refractivity contribution in [3.63, 3.8) is 0 Å². The minimum atomic E-state index is -0.814. The SMILES string of the molecule is Cn1cc(C2CCN(C(=O)O)CC2)c2cc(N)ccc21. The largest absolute Gasteiger partial charge is 0.465 e. The summed E-state index contributed by atoms with van der Waals surface area (Å²) in [6.45, 7) is 1.22. The molecule has 1 amide bonds. The van der Waals surface area contributed by atoms with Gasteiger partial charge >= 0.3 is 6.09 Å². The molecule has 1 aliphatic rings. The Morgan fingerprint density at radius 2 is 2.05 bits per heavy atom. The standard InChI is InChI=1S/C15H19N3O2/c1-17-9-13(12-8-11(16)2-3-14(12)17)10-4-6-18(7-5-10)15(19)20/h2-3,8-10H,4-7,16H2,1H3,(H,19,20). The van der Waals surface area contributed by atoms with Crippen LogP contribution in [0.2, 0.25) is 0 Å². The Bertz CT molecular complexity index is 654. The van der Waals surface area contributed by atoms with Gasteiger partial charge in [0, 0.05) is 42.9 Å². The van der Waals surface area contributed by atoms with Crippen molar-refractivity contribution in [2.45, 2.75) is 18.8 Å². The number of hydrogen-bond donors (Lipinski definition) is 2. The lowest BCUT2D eigenvalue weighted by atomic mass is 9.89. The highest BCUT2D eigenvalue weighted by Gasteiger charge is 2.25. The number of carboxylic acid groups (broad SMARTS) is 1. The van der Waals surface area contributed by atoms with Crippen LogP contribution in [0, 0.1) is 0 Å². The second-order valence-electron chi connectivity index (χ2n) is 5.52. The lowest BCUT2D eigenvalue weighted by Crippen LogP contribution is -2.36. The molecule has 0 radical (unpaired) electrons. The summed E-state index contributed by atoms with van der Waals surface area (Å²) >= 11 is 0. The first kappa shape index (κ1) is 12.8. The van der Waals surface area contributed by atoms with Crippen LogP contribution in [0.5, 0.6) is 0 Å². The number of amides is 1. The number of carbonyl (C=O) groups is 1. The van der Waals surface area contributed by atoms with Crippen LogP contribution < -0.4 is 5.73 Å². The van der Waals surface area contributed by atoms with E-state index in [1.807, 2.05) is 25.2 Å². The molecule has 0 atom stereocenters. The lowest BCUT2D eigenvalue weighted by Gasteiger charge is -2.29. The van der Waals surface area contributed by atoms with Gasteiger partial charge in [0.05, 0.1) is 0 Å². The summed E-state index contributed by atoms with van der Waals surface area (Å²) in [4.78, 5) is 12.5. The number of benzene rings is 1. The highest BCUT2D eigenvalue weighted by molar-refractivity contribution is 5.87. The van der Waals surface area contributed by atoms with Crippen LogP contribution in [0.15, 0.2) is 24.4 Å². The van der Waals surface area contributed by atoms with Gasteiger partial charge in [0.25, 0.3) is 0 Å². The van der Waals surface area contributed by atoms with Crippen LogP contribution >= 0.6 is 0 Å². The van der Waals surface area contributed by atoms with Crippen molar-refractivity contribution < 1.29 is 9.90 Å². The fraction of sp³-hybridized carbons (Fsp3) is 0.400. The Kier molecular flexibility index (Phi) is 3.04. The summed E-state index contributed by atoms with van der Waals surface area (Å²) in [5.41, 5.74) is 9.14. The minimum Gasteiger partial charge on any atom is -0.465 e. The van der Waals surface area contributed by atoms with Gasteiger partial charge in [-0.2, -0.15) is 0 Å².